The molecule has 42 heavy (non-hydrogen) atoms. The van der Waals surface area contributed by atoms with Gasteiger partial charge in [-0.25, -0.2) is 0 Å². The molecule has 2 amide bonds. The summed E-state index contributed by atoms with van der Waals surface area (Å²) in [6.07, 6.45) is -9.39. The van der Waals surface area contributed by atoms with E-state index in [0.717, 1.165) is 30.3 Å². The van der Waals surface area contributed by atoms with E-state index in [0.29, 0.717) is 28.9 Å². The van der Waals surface area contributed by atoms with Crippen LogP contribution in [0.5, 0.6) is 11.5 Å². The summed E-state index contributed by atoms with van der Waals surface area (Å²) < 4.78 is 86.1. The lowest BCUT2D eigenvalue weighted by Crippen LogP contribution is -2.58. The first-order chi connectivity index (χ1) is 19.8. The van der Waals surface area contributed by atoms with Crippen LogP contribution >= 0.6 is 11.6 Å². The summed E-state index contributed by atoms with van der Waals surface area (Å²) >= 11 is 5.98. The zero-order valence-electron chi connectivity index (χ0n) is 21.6. The molecule has 5 rings (SSSR count). The molecule has 14 heteroatoms. The van der Waals surface area contributed by atoms with E-state index in [2.05, 4.69) is 10.1 Å². The molecule has 7 nitrogen and oxygen atoms in total. The molecule has 2 heterocycles. The quantitative estimate of drug-likeness (QED) is 0.353. The molecule has 222 valence electrons. The minimum absolute atomic E-state index is 0.00323. The SMILES string of the molecule is O=C(COc1ccc(OC(F)(F)F)cc1Cl)N1CCN2C(=O)c3cc(-c4cccc(C(F)(F)F)c4)ccc3NC[C@@H]2C1. The Kier molecular flexibility index (Phi) is 7.88. The molecule has 0 aromatic heterocycles. The first-order valence-corrected chi connectivity index (χ1v) is 13.0. The van der Waals surface area contributed by atoms with Crippen molar-refractivity contribution in [1.82, 2.24) is 9.80 Å². The third-order valence-electron chi connectivity index (χ3n) is 6.89. The molecule has 2 aliphatic heterocycles. The van der Waals surface area contributed by atoms with Gasteiger partial charge >= 0.3 is 12.5 Å². The molecule has 1 atom stereocenters. The molecule has 1 saturated heterocycles. The van der Waals surface area contributed by atoms with Crippen LogP contribution < -0.4 is 14.8 Å². The molecule has 0 saturated carbocycles. The van der Waals surface area contributed by atoms with Crippen molar-refractivity contribution < 1.29 is 45.4 Å². The van der Waals surface area contributed by atoms with E-state index in [4.69, 9.17) is 16.3 Å². The summed E-state index contributed by atoms with van der Waals surface area (Å²) in [5, 5.41) is 3.02. The number of nitrogens with one attached hydrogen (secondary N) is 1. The fourth-order valence-corrected chi connectivity index (χ4v) is 5.09. The number of alkyl halides is 6. The van der Waals surface area contributed by atoms with Gasteiger partial charge in [0.15, 0.2) is 6.61 Å². The number of rotatable bonds is 5. The maximum absolute atomic E-state index is 13.5. The van der Waals surface area contributed by atoms with Crippen molar-refractivity contribution in [3.8, 4) is 22.6 Å². The maximum atomic E-state index is 13.5. The minimum Gasteiger partial charge on any atom is -0.482 e. The summed E-state index contributed by atoms with van der Waals surface area (Å²) in [6.45, 7) is 0.460. The Morgan fingerprint density at radius 1 is 0.976 bits per heavy atom. The molecule has 3 aromatic rings. The zero-order valence-corrected chi connectivity index (χ0v) is 22.3. The highest BCUT2D eigenvalue weighted by Crippen LogP contribution is 2.35. The van der Waals surface area contributed by atoms with Crippen molar-refractivity contribution in [3.63, 3.8) is 0 Å². The number of nitrogens with zero attached hydrogens (tertiary/aromatic N) is 2. The van der Waals surface area contributed by atoms with Gasteiger partial charge in [-0.1, -0.05) is 29.8 Å². The van der Waals surface area contributed by atoms with E-state index in [1.165, 1.54) is 11.0 Å². The summed E-state index contributed by atoms with van der Waals surface area (Å²) in [4.78, 5) is 29.5. The highest BCUT2D eigenvalue weighted by Gasteiger charge is 2.36. The largest absolute Gasteiger partial charge is 0.573 e. The van der Waals surface area contributed by atoms with E-state index in [1.54, 1.807) is 29.2 Å². The Morgan fingerprint density at radius 2 is 1.74 bits per heavy atom. The van der Waals surface area contributed by atoms with Gasteiger partial charge in [-0.2, -0.15) is 13.2 Å². The van der Waals surface area contributed by atoms with E-state index in [-0.39, 0.29) is 36.3 Å². The first kappa shape index (κ1) is 29.4. The third kappa shape index (κ3) is 6.51. The predicted octanol–water partition coefficient (Wildman–Crippen LogP) is 6.08. The fraction of sp³-hybridized carbons (Fsp3) is 0.286. The Labute approximate surface area is 240 Å². The lowest BCUT2D eigenvalue weighted by molar-refractivity contribution is -0.274. The maximum Gasteiger partial charge on any atom is 0.573 e. The monoisotopic (exact) mass is 613 g/mol. The number of amides is 2. The highest BCUT2D eigenvalue weighted by atomic mass is 35.5. The molecule has 0 bridgehead atoms. The van der Waals surface area contributed by atoms with Gasteiger partial charge in [-0.3, -0.25) is 9.59 Å². The Balaban J connectivity index is 1.24. The second-order valence-corrected chi connectivity index (χ2v) is 10.0. The first-order valence-electron chi connectivity index (χ1n) is 12.6. The van der Waals surface area contributed by atoms with Gasteiger partial charge in [0, 0.05) is 37.9 Å². The number of hydrogen-bond donors (Lipinski definition) is 1. The molecule has 2 aliphatic rings. The Bertz CT molecular complexity index is 1510. The van der Waals surface area contributed by atoms with E-state index >= 15 is 0 Å². The number of anilines is 1. The molecular weight excluding hydrogens is 592 g/mol. The summed E-state index contributed by atoms with van der Waals surface area (Å²) in [5.74, 6) is -1.26. The number of carbonyl (C=O) groups is 2. The normalized spacial score (nSPS) is 17.1. The summed E-state index contributed by atoms with van der Waals surface area (Å²) in [5.41, 5.74) is 0.816. The Hall–Kier alpha value is -4.13. The zero-order chi connectivity index (χ0) is 30.2. The van der Waals surface area contributed by atoms with Crippen molar-refractivity contribution in [2.45, 2.75) is 18.6 Å². The number of ether oxygens (including phenoxy) is 2. The molecule has 0 unspecified atom stereocenters. The number of halogens is 7. The molecule has 3 aromatic carbocycles. The van der Waals surface area contributed by atoms with Crippen LogP contribution in [0.4, 0.5) is 32.0 Å². The lowest BCUT2D eigenvalue weighted by atomic mass is 9.99. The van der Waals surface area contributed by atoms with Crippen molar-refractivity contribution in [1.29, 1.82) is 0 Å². The average molecular weight is 614 g/mol. The van der Waals surface area contributed by atoms with Crippen LogP contribution in [0.3, 0.4) is 0 Å². The Morgan fingerprint density at radius 3 is 2.45 bits per heavy atom. The van der Waals surface area contributed by atoms with Crippen LogP contribution in [0.15, 0.2) is 60.7 Å². The number of piperazine rings is 1. The van der Waals surface area contributed by atoms with Crippen LogP contribution in [0.25, 0.3) is 11.1 Å². The van der Waals surface area contributed by atoms with Crippen LogP contribution in [0.2, 0.25) is 5.02 Å². The van der Waals surface area contributed by atoms with Crippen molar-refractivity contribution in [2.75, 3.05) is 38.1 Å². The molecule has 1 N–H and O–H groups in total. The van der Waals surface area contributed by atoms with Gasteiger partial charge in [0.25, 0.3) is 11.8 Å². The van der Waals surface area contributed by atoms with Gasteiger partial charge in [0.2, 0.25) is 0 Å². The second kappa shape index (κ2) is 11.3. The van der Waals surface area contributed by atoms with Crippen LogP contribution in [0.1, 0.15) is 15.9 Å². The van der Waals surface area contributed by atoms with Gasteiger partial charge in [-0.15, -0.1) is 13.2 Å². The van der Waals surface area contributed by atoms with Crippen LogP contribution in [-0.4, -0.2) is 66.8 Å². The third-order valence-corrected chi connectivity index (χ3v) is 7.18. The highest BCUT2D eigenvalue weighted by molar-refractivity contribution is 6.32. The topological polar surface area (TPSA) is 71.1 Å². The van der Waals surface area contributed by atoms with Crippen LogP contribution in [-0.2, 0) is 11.0 Å². The summed E-state index contributed by atoms with van der Waals surface area (Å²) in [6, 6.07) is 12.4. The van der Waals surface area contributed by atoms with E-state index in [9.17, 15) is 35.9 Å². The number of carbonyl (C=O) groups excluding carboxylic acids is 2. The molecule has 0 spiro atoms. The van der Waals surface area contributed by atoms with Gasteiger partial charge in [-0.05, 0) is 47.5 Å². The number of fused-ring (bicyclic) bond motifs is 2. The molecule has 0 radical (unpaired) electrons. The second-order valence-electron chi connectivity index (χ2n) is 9.64. The predicted molar refractivity (Wildman–Crippen MR) is 140 cm³/mol. The van der Waals surface area contributed by atoms with Crippen molar-refractivity contribution >= 4 is 29.1 Å². The van der Waals surface area contributed by atoms with E-state index < -0.39 is 42.4 Å². The van der Waals surface area contributed by atoms with Gasteiger partial charge in [0.05, 0.1) is 22.2 Å². The smallest absolute Gasteiger partial charge is 0.482 e. The standard InChI is InChI=1S/C28H22ClF6N3O4/c29-22-12-20(42-28(33,34)35)5-7-24(22)41-15-25(39)37-8-9-38-19(14-37)13-36-23-6-4-17(11-21(23)26(38)40)16-2-1-3-18(10-16)27(30,31)32/h1-7,10-12,19,36H,8-9,13-15H2/t19-/m1/s1. The van der Waals surface area contributed by atoms with Crippen molar-refractivity contribution in [3.05, 3.63) is 76.8 Å². The van der Waals surface area contributed by atoms with E-state index in [1.807, 2.05) is 0 Å². The number of hydrogen-bond acceptors (Lipinski definition) is 5. The van der Waals surface area contributed by atoms with Crippen molar-refractivity contribution in [2.24, 2.45) is 0 Å². The average Bonchev–Trinajstić information content (AvgIpc) is 3.07. The number of benzene rings is 3. The molecule has 0 aliphatic carbocycles. The van der Waals surface area contributed by atoms with Gasteiger partial charge < -0.3 is 24.6 Å². The summed E-state index contributed by atoms with van der Waals surface area (Å²) in [7, 11) is 0. The molecular formula is C28H22ClF6N3O4. The minimum atomic E-state index is -4.88. The fourth-order valence-electron chi connectivity index (χ4n) is 4.86. The molecule has 1 fully saturated rings. The van der Waals surface area contributed by atoms with Crippen LogP contribution in [0, 0.1) is 0 Å². The lowest BCUT2D eigenvalue weighted by Gasteiger charge is -2.40. The van der Waals surface area contributed by atoms with Gasteiger partial charge in [0.1, 0.15) is 11.5 Å².